The minimum atomic E-state index is -2.41. The van der Waals surface area contributed by atoms with E-state index in [0.717, 1.165) is 66.3 Å². The molecule has 0 bridgehead atoms. The molecule has 0 unspecified atom stereocenters. The van der Waals surface area contributed by atoms with E-state index in [1.807, 2.05) is 36.4 Å². The molecule has 12 aromatic rings. The van der Waals surface area contributed by atoms with Crippen LogP contribution >= 0.6 is 0 Å². The van der Waals surface area contributed by atoms with Gasteiger partial charge in [-0.1, -0.05) is 139 Å². The number of hydrogen-bond donors (Lipinski definition) is 0. The molecule has 4 heterocycles. The summed E-state index contributed by atoms with van der Waals surface area (Å²) in [6.45, 7) is 10.8. The molecule has 0 atom stereocenters. The molecule has 349 valence electrons. The van der Waals surface area contributed by atoms with E-state index < -0.39 is 13.7 Å². The van der Waals surface area contributed by atoms with Crippen molar-refractivity contribution in [3.05, 3.63) is 198 Å². The van der Waals surface area contributed by atoms with Gasteiger partial charge in [-0.2, -0.15) is 0 Å². The second-order valence-corrected chi connectivity index (χ2v) is 19.6. The van der Waals surface area contributed by atoms with Crippen LogP contribution in [0.4, 0.5) is 0 Å². The topological polar surface area (TPSA) is 57.0 Å². The molecule has 0 spiro atoms. The van der Waals surface area contributed by atoms with E-state index in [9.17, 15) is 0 Å². The quantitative estimate of drug-likeness (QED) is 0.123. The van der Waals surface area contributed by atoms with Gasteiger partial charge in [0.1, 0.15) is 11.2 Å². The van der Waals surface area contributed by atoms with Crippen LogP contribution in [0.25, 0.3) is 105 Å². The number of rotatable bonds is 6. The predicted octanol–water partition coefficient (Wildman–Crippen LogP) is 17.8. The molecule has 0 saturated carbocycles. The number of imidazole rings is 1. The zero-order valence-corrected chi connectivity index (χ0v) is 42.6. The Labute approximate surface area is 432 Å². The van der Waals surface area contributed by atoms with E-state index in [0.29, 0.717) is 44.5 Å². The van der Waals surface area contributed by atoms with Gasteiger partial charge in [0.25, 0.3) is 0 Å². The van der Waals surface area contributed by atoms with Crippen molar-refractivity contribution in [2.75, 3.05) is 0 Å². The number of aromatic nitrogens is 3. The summed E-state index contributed by atoms with van der Waals surface area (Å²) in [5.41, 5.74) is 12.8. The number of aryl methyl sites for hydroxylation is 2. The Balaban J connectivity index is 0.000000264. The standard InChI is InChI=1S/C48H37N2O2.C16H18N.Ir/c1-27(2)37-23-33(30-12-7-6-8-13-30)24-38(28(3)4)45(37)50-46-41(20-21-42-44(46)29(5)26-51-42)49-48(50)36-17-11-16-35-40-22-32-19-18-31-14-9-10-15-34(31)39(32)25-43(40)52-47(35)36;1-12-5-7-13(8-6-12)15-11-14(9-10-17-15)16(2,3)4;/h6-16,18-28H,1-5H3;5-7,9-11H,1-4H3;/q2*-1;/i5D3;1D3;. The fraction of sp³-hybridized carbons (Fsp3) is 0.188. The molecule has 0 amide bonds. The normalized spacial score (nSPS) is 13.6. The summed E-state index contributed by atoms with van der Waals surface area (Å²) in [7, 11) is 0. The minimum absolute atomic E-state index is 0. The van der Waals surface area contributed by atoms with Crippen molar-refractivity contribution in [1.82, 2.24) is 14.5 Å². The fourth-order valence-electron chi connectivity index (χ4n) is 9.73. The number of furan rings is 2. The maximum atomic E-state index is 8.54. The molecule has 5 nitrogen and oxygen atoms in total. The first kappa shape index (κ1) is 39.7. The summed E-state index contributed by atoms with van der Waals surface area (Å²) >= 11 is 0. The van der Waals surface area contributed by atoms with Crippen LogP contribution in [0, 0.1) is 25.8 Å². The molecular formula is C64H55IrN3O2-2. The van der Waals surface area contributed by atoms with E-state index in [1.54, 1.807) is 18.3 Å². The van der Waals surface area contributed by atoms with Crippen LogP contribution in [-0.2, 0) is 25.5 Å². The van der Waals surface area contributed by atoms with Crippen molar-refractivity contribution in [2.45, 2.75) is 79.4 Å². The summed E-state index contributed by atoms with van der Waals surface area (Å²) in [5.74, 6) is 0.844. The summed E-state index contributed by atoms with van der Waals surface area (Å²) in [5, 5.41) is 7.11. The number of benzene rings is 8. The summed E-state index contributed by atoms with van der Waals surface area (Å²) in [6, 6.07) is 55.3. The molecule has 4 aromatic heterocycles. The smallest absolute Gasteiger partial charge is 0.136 e. The third-order valence-corrected chi connectivity index (χ3v) is 13.3. The Kier molecular flexibility index (Phi) is 10.4. The van der Waals surface area contributed by atoms with Crippen LogP contribution in [0.2, 0.25) is 0 Å². The van der Waals surface area contributed by atoms with Crippen LogP contribution in [-0.4, -0.2) is 14.5 Å². The van der Waals surface area contributed by atoms with E-state index in [-0.39, 0.29) is 42.9 Å². The average Bonchev–Trinajstić information content (AvgIpc) is 4.17. The first-order valence-corrected chi connectivity index (χ1v) is 23.6. The first-order chi connectivity index (χ1) is 35.7. The van der Waals surface area contributed by atoms with E-state index >= 15 is 0 Å². The van der Waals surface area contributed by atoms with Crippen LogP contribution in [0.3, 0.4) is 0 Å². The van der Waals surface area contributed by atoms with Gasteiger partial charge in [-0.05, 0) is 127 Å². The van der Waals surface area contributed by atoms with E-state index in [4.69, 9.17) is 22.0 Å². The van der Waals surface area contributed by atoms with Gasteiger partial charge in [-0.25, -0.2) is 0 Å². The maximum Gasteiger partial charge on any atom is 0.136 e. The summed E-state index contributed by atoms with van der Waals surface area (Å²) in [6.07, 6.45) is 3.15. The number of nitrogens with zero attached hydrogens (tertiary/aromatic N) is 3. The molecule has 0 aliphatic carbocycles. The summed E-state index contributed by atoms with van der Waals surface area (Å²) < 4.78 is 62.7. The Hall–Kier alpha value is -7.11. The van der Waals surface area contributed by atoms with Gasteiger partial charge in [-0.15, -0.1) is 53.6 Å². The first-order valence-electron chi connectivity index (χ1n) is 26.6. The Bertz CT molecular complexity index is 4110. The van der Waals surface area contributed by atoms with Crippen molar-refractivity contribution < 1.29 is 37.2 Å². The van der Waals surface area contributed by atoms with Gasteiger partial charge in [0.2, 0.25) is 0 Å². The monoisotopic (exact) mass is 1100 g/mol. The average molecular weight is 1100 g/mol. The third kappa shape index (κ3) is 8.23. The van der Waals surface area contributed by atoms with Gasteiger partial charge >= 0.3 is 0 Å². The van der Waals surface area contributed by atoms with E-state index in [1.165, 1.54) is 28.7 Å². The molecule has 0 aliphatic rings. The molecule has 1 radical (unpaired) electrons. The van der Waals surface area contributed by atoms with E-state index in [2.05, 4.69) is 161 Å². The second-order valence-electron chi connectivity index (χ2n) is 19.6. The van der Waals surface area contributed by atoms with Gasteiger partial charge in [0.15, 0.2) is 0 Å². The fourth-order valence-corrected chi connectivity index (χ4v) is 9.73. The Morgan fingerprint density at radius 1 is 0.671 bits per heavy atom. The van der Waals surface area contributed by atoms with Gasteiger partial charge in [0, 0.05) is 51.0 Å². The van der Waals surface area contributed by atoms with Gasteiger partial charge in [-0.3, -0.25) is 4.98 Å². The SMILES string of the molecule is [2H]C([2H])([2H])c1c[c-]c(-c2cc(C(C)(C)C)ccn2)cc1.[2H]C([2H])([2H])c1coc2ccc3nc(-c4[c-]ccc5c4oc4cc6c(ccc7ccccc76)cc45)n(-c4c(C(C)C)cc(-c5ccccc5)cc4C(C)C)c3c12.[Ir]. The molecule has 0 aliphatic heterocycles. The van der Waals surface area contributed by atoms with Crippen LogP contribution in [0.15, 0.2) is 167 Å². The number of pyridine rings is 1. The van der Waals surface area contributed by atoms with Crippen LogP contribution in [0.1, 0.15) is 96.3 Å². The van der Waals surface area contributed by atoms with Crippen molar-refractivity contribution in [3.63, 3.8) is 0 Å². The predicted molar refractivity (Wildman–Crippen MR) is 288 cm³/mol. The van der Waals surface area contributed by atoms with Crippen molar-refractivity contribution in [1.29, 1.82) is 0 Å². The molecule has 70 heavy (non-hydrogen) atoms. The second kappa shape index (κ2) is 18.3. The van der Waals surface area contributed by atoms with Crippen molar-refractivity contribution in [2.24, 2.45) is 0 Å². The largest absolute Gasteiger partial charge is 0.501 e. The molecule has 8 aromatic carbocycles. The zero-order valence-electron chi connectivity index (χ0n) is 46.2. The van der Waals surface area contributed by atoms with Gasteiger partial charge < -0.3 is 18.4 Å². The number of hydrogen-bond acceptors (Lipinski definition) is 4. The molecular weight excluding hydrogens is 1030 g/mol. The Morgan fingerprint density at radius 3 is 2.17 bits per heavy atom. The van der Waals surface area contributed by atoms with Crippen LogP contribution in [0.5, 0.6) is 0 Å². The van der Waals surface area contributed by atoms with Crippen LogP contribution < -0.4 is 0 Å². The molecule has 0 N–H and O–H groups in total. The van der Waals surface area contributed by atoms with Crippen molar-refractivity contribution >= 4 is 65.5 Å². The third-order valence-electron chi connectivity index (χ3n) is 13.3. The van der Waals surface area contributed by atoms with Gasteiger partial charge in [0.05, 0.1) is 28.7 Å². The molecule has 12 rings (SSSR count). The number of fused-ring (bicyclic) bond motifs is 9. The minimum Gasteiger partial charge on any atom is -0.501 e. The maximum absolute atomic E-state index is 8.54. The zero-order chi connectivity index (χ0) is 52.7. The van der Waals surface area contributed by atoms with Crippen molar-refractivity contribution in [3.8, 4) is 39.5 Å². The molecule has 0 fully saturated rings. The summed E-state index contributed by atoms with van der Waals surface area (Å²) in [4.78, 5) is 9.70. The Morgan fingerprint density at radius 2 is 1.44 bits per heavy atom. The molecule has 6 heteroatoms. The molecule has 0 saturated heterocycles.